The van der Waals surface area contributed by atoms with Crippen molar-refractivity contribution >= 4 is 44.6 Å². The van der Waals surface area contributed by atoms with E-state index in [1.807, 2.05) is 0 Å². The number of imidazole rings is 1. The van der Waals surface area contributed by atoms with Crippen molar-refractivity contribution < 1.29 is 4.79 Å². The Hall–Kier alpha value is -2.39. The van der Waals surface area contributed by atoms with Crippen molar-refractivity contribution in [3.05, 3.63) is 60.4 Å². The van der Waals surface area contributed by atoms with Gasteiger partial charge in [-0.05, 0) is 27.6 Å². The number of primary amides is 1. The maximum atomic E-state index is 12.9. The summed E-state index contributed by atoms with van der Waals surface area (Å²) < 4.78 is 3.87. The number of aryl methyl sites for hydroxylation is 1. The van der Waals surface area contributed by atoms with Crippen LogP contribution in [0.4, 0.5) is 0 Å². The van der Waals surface area contributed by atoms with Gasteiger partial charge in [0.15, 0.2) is 15.9 Å². The van der Waals surface area contributed by atoms with Crippen LogP contribution >= 0.6 is 27.5 Å². The summed E-state index contributed by atoms with van der Waals surface area (Å²) in [6.45, 7) is -0.239. The first-order valence-corrected chi connectivity index (χ1v) is 8.35. The Labute approximate surface area is 154 Å². The molecule has 1 aromatic carbocycles. The van der Waals surface area contributed by atoms with E-state index in [0.717, 1.165) is 4.57 Å². The minimum atomic E-state index is -0.633. The van der Waals surface area contributed by atoms with E-state index in [2.05, 4.69) is 20.9 Å². The molecule has 0 unspecified atom stereocenters. The Bertz CT molecular complexity index is 1110. The molecule has 1 amide bonds. The lowest BCUT2D eigenvalue weighted by Gasteiger charge is -2.10. The third kappa shape index (κ3) is 3.00. The molecule has 2 aromatic heterocycles. The highest BCUT2D eigenvalue weighted by Gasteiger charge is 2.20. The molecule has 2 heterocycles. The normalized spacial score (nSPS) is 11.2. The molecule has 0 aliphatic heterocycles. The van der Waals surface area contributed by atoms with E-state index in [4.69, 9.17) is 17.3 Å². The number of fused-ring (bicyclic) bond motifs is 1. The van der Waals surface area contributed by atoms with Crippen LogP contribution < -0.4 is 17.0 Å². The Morgan fingerprint density at radius 3 is 2.60 bits per heavy atom. The highest BCUT2D eigenvalue weighted by molar-refractivity contribution is 9.10. The lowest BCUT2D eigenvalue weighted by molar-refractivity contribution is -0.118. The molecule has 25 heavy (non-hydrogen) atoms. The molecule has 3 rings (SSSR count). The molecular weight excluding hydrogens is 414 g/mol. The van der Waals surface area contributed by atoms with Crippen LogP contribution in [0.5, 0.6) is 0 Å². The number of carbonyl (C=O) groups is 1. The van der Waals surface area contributed by atoms with E-state index < -0.39 is 17.2 Å². The zero-order chi connectivity index (χ0) is 18.3. The number of amides is 1. The van der Waals surface area contributed by atoms with Gasteiger partial charge in [0.25, 0.3) is 5.56 Å². The van der Waals surface area contributed by atoms with Crippen LogP contribution in [0.3, 0.4) is 0 Å². The highest BCUT2D eigenvalue weighted by Crippen LogP contribution is 2.18. The smallest absolute Gasteiger partial charge is 0.332 e. The quantitative estimate of drug-likeness (QED) is 0.624. The molecule has 0 spiro atoms. The number of benzene rings is 1. The Morgan fingerprint density at radius 2 is 1.96 bits per heavy atom. The molecule has 0 bridgehead atoms. The third-order valence-electron chi connectivity index (χ3n) is 3.79. The second kappa shape index (κ2) is 6.49. The Morgan fingerprint density at radius 1 is 1.28 bits per heavy atom. The summed E-state index contributed by atoms with van der Waals surface area (Å²) in [5, 5.41) is 0.448. The van der Waals surface area contributed by atoms with Gasteiger partial charge in [0, 0.05) is 12.1 Å². The van der Waals surface area contributed by atoms with Crippen LogP contribution in [0.25, 0.3) is 11.2 Å². The SMILES string of the molecule is Cn1c(=O)n(Cc2ccccc2Cl)c(=O)c2c1nc(Br)n2CC(N)=O. The second-order valence-electron chi connectivity index (χ2n) is 5.43. The van der Waals surface area contributed by atoms with Crippen molar-refractivity contribution in [3.8, 4) is 0 Å². The number of nitrogens with two attached hydrogens (primary N) is 1. The van der Waals surface area contributed by atoms with E-state index in [-0.39, 0.29) is 29.0 Å². The summed E-state index contributed by atoms with van der Waals surface area (Å²) in [6, 6.07) is 6.94. The van der Waals surface area contributed by atoms with Gasteiger partial charge >= 0.3 is 5.69 Å². The molecule has 10 heteroatoms. The fourth-order valence-corrected chi connectivity index (χ4v) is 3.25. The molecule has 0 atom stereocenters. The molecule has 2 N–H and O–H groups in total. The van der Waals surface area contributed by atoms with Gasteiger partial charge in [-0.15, -0.1) is 0 Å². The molecule has 0 saturated carbocycles. The van der Waals surface area contributed by atoms with Gasteiger partial charge in [-0.3, -0.25) is 18.7 Å². The molecule has 130 valence electrons. The summed E-state index contributed by atoms with van der Waals surface area (Å²) in [5.74, 6) is -0.633. The summed E-state index contributed by atoms with van der Waals surface area (Å²) in [5.41, 5.74) is 5.04. The second-order valence-corrected chi connectivity index (χ2v) is 6.55. The lowest BCUT2D eigenvalue weighted by Crippen LogP contribution is -2.40. The number of carbonyl (C=O) groups excluding carboxylic acids is 1. The summed E-state index contributed by atoms with van der Waals surface area (Å²) in [6.07, 6.45) is 0. The van der Waals surface area contributed by atoms with Gasteiger partial charge in [-0.2, -0.15) is 0 Å². The van der Waals surface area contributed by atoms with E-state index in [0.29, 0.717) is 10.6 Å². The minimum Gasteiger partial charge on any atom is -0.368 e. The van der Waals surface area contributed by atoms with Gasteiger partial charge in [-0.1, -0.05) is 29.8 Å². The van der Waals surface area contributed by atoms with Crippen molar-refractivity contribution in [2.75, 3.05) is 0 Å². The monoisotopic (exact) mass is 425 g/mol. The van der Waals surface area contributed by atoms with E-state index in [9.17, 15) is 14.4 Å². The van der Waals surface area contributed by atoms with E-state index in [1.54, 1.807) is 24.3 Å². The first-order valence-electron chi connectivity index (χ1n) is 7.18. The number of nitrogens with zero attached hydrogens (tertiary/aromatic N) is 4. The standard InChI is InChI=1S/C15H13BrClN5O3/c1-20-12-11(21(7-10(18)23)14(16)19-12)13(24)22(15(20)25)6-8-4-2-3-5-9(8)17/h2-5H,6-7H2,1H3,(H2,18,23). The van der Waals surface area contributed by atoms with Crippen molar-refractivity contribution in [1.29, 1.82) is 0 Å². The number of hydrogen-bond acceptors (Lipinski definition) is 4. The lowest BCUT2D eigenvalue weighted by atomic mass is 10.2. The first kappa shape index (κ1) is 17.4. The Kier molecular flexibility index (Phi) is 4.53. The average Bonchev–Trinajstić information content (AvgIpc) is 2.87. The maximum absolute atomic E-state index is 12.9. The number of rotatable bonds is 4. The predicted octanol–water partition coefficient (Wildman–Crippen LogP) is 0.846. The van der Waals surface area contributed by atoms with Crippen LogP contribution in [-0.2, 0) is 24.9 Å². The topological polar surface area (TPSA) is 105 Å². The van der Waals surface area contributed by atoms with E-state index in [1.165, 1.54) is 16.2 Å². The molecule has 0 radical (unpaired) electrons. The van der Waals surface area contributed by atoms with Gasteiger partial charge in [0.1, 0.15) is 6.54 Å². The van der Waals surface area contributed by atoms with Gasteiger partial charge in [0.2, 0.25) is 5.91 Å². The maximum Gasteiger partial charge on any atom is 0.332 e. The molecule has 3 aromatic rings. The highest BCUT2D eigenvalue weighted by atomic mass is 79.9. The predicted molar refractivity (Wildman–Crippen MR) is 96.7 cm³/mol. The van der Waals surface area contributed by atoms with Crippen molar-refractivity contribution in [2.45, 2.75) is 13.1 Å². The zero-order valence-corrected chi connectivity index (χ0v) is 15.4. The summed E-state index contributed by atoms with van der Waals surface area (Å²) in [7, 11) is 1.50. The van der Waals surface area contributed by atoms with Crippen molar-refractivity contribution in [3.63, 3.8) is 0 Å². The molecule has 0 fully saturated rings. The first-order chi connectivity index (χ1) is 11.8. The van der Waals surface area contributed by atoms with Crippen molar-refractivity contribution in [2.24, 2.45) is 12.8 Å². The van der Waals surface area contributed by atoms with Crippen LogP contribution in [0, 0.1) is 0 Å². The van der Waals surface area contributed by atoms with Crippen LogP contribution in [0.2, 0.25) is 5.02 Å². The fraction of sp³-hybridized carbons (Fsp3) is 0.200. The van der Waals surface area contributed by atoms with Gasteiger partial charge < -0.3 is 10.3 Å². The number of halogens is 2. The number of hydrogen-bond donors (Lipinski definition) is 1. The zero-order valence-electron chi connectivity index (χ0n) is 13.1. The average molecular weight is 427 g/mol. The van der Waals surface area contributed by atoms with Crippen LogP contribution in [-0.4, -0.2) is 24.6 Å². The molecule has 0 saturated heterocycles. The van der Waals surface area contributed by atoms with Gasteiger partial charge in [0.05, 0.1) is 6.54 Å². The van der Waals surface area contributed by atoms with Crippen molar-refractivity contribution in [1.82, 2.24) is 18.7 Å². The summed E-state index contributed by atoms with van der Waals surface area (Å²) in [4.78, 5) is 40.9. The minimum absolute atomic E-state index is 0.000487. The largest absolute Gasteiger partial charge is 0.368 e. The summed E-state index contributed by atoms with van der Waals surface area (Å²) >= 11 is 9.32. The van der Waals surface area contributed by atoms with Crippen LogP contribution in [0.1, 0.15) is 5.56 Å². The molecule has 0 aliphatic carbocycles. The molecule has 0 aliphatic rings. The van der Waals surface area contributed by atoms with Gasteiger partial charge in [-0.25, -0.2) is 9.78 Å². The third-order valence-corrected chi connectivity index (χ3v) is 4.76. The van der Waals surface area contributed by atoms with E-state index >= 15 is 0 Å². The molecule has 8 nitrogen and oxygen atoms in total. The molecular formula is C15H13BrClN5O3. The van der Waals surface area contributed by atoms with Crippen LogP contribution in [0.15, 0.2) is 38.6 Å². The Balaban J connectivity index is 2.30. The number of aromatic nitrogens is 4. The fourth-order valence-electron chi connectivity index (χ4n) is 2.58.